The highest BCUT2D eigenvalue weighted by Gasteiger charge is 2.81. The maximum atomic E-state index is 15.0. The van der Waals surface area contributed by atoms with E-state index in [1.165, 1.54) is 5.57 Å². The zero-order chi connectivity index (χ0) is 40.2. The number of nitrogens with one attached hydrogen (secondary N) is 1. The van der Waals surface area contributed by atoms with E-state index < -0.39 is 34.3 Å². The van der Waals surface area contributed by atoms with Gasteiger partial charge in [-0.15, -0.1) is 0 Å². The van der Waals surface area contributed by atoms with E-state index in [-0.39, 0.29) is 41.0 Å². The number of carbonyl (C=O) groups is 3. The van der Waals surface area contributed by atoms with Gasteiger partial charge in [0.05, 0.1) is 17.8 Å². The van der Waals surface area contributed by atoms with E-state index in [9.17, 15) is 14.7 Å². The minimum atomic E-state index is -1.59. The Labute approximate surface area is 332 Å². The van der Waals surface area contributed by atoms with Crippen molar-refractivity contribution in [2.24, 2.45) is 11.8 Å². The molecule has 3 aliphatic carbocycles. The molecule has 5 atom stereocenters. The zero-order valence-electron chi connectivity index (χ0n) is 34.6. The third kappa shape index (κ3) is 6.79. The first kappa shape index (κ1) is 40.2. The molecule has 3 fully saturated rings. The fourth-order valence-electron chi connectivity index (χ4n) is 9.82. The van der Waals surface area contributed by atoms with Gasteiger partial charge in [0.25, 0.3) is 0 Å². The third-order valence-corrected chi connectivity index (χ3v) is 12.8. The van der Waals surface area contributed by atoms with Gasteiger partial charge in [-0.2, -0.15) is 0 Å². The van der Waals surface area contributed by atoms with E-state index in [4.69, 9.17) is 18.9 Å². The number of nitrogens with zero attached hydrogens (tertiary/aromatic N) is 1. The number of fused-ring (bicyclic) bond motifs is 2. The van der Waals surface area contributed by atoms with Crippen LogP contribution in [0.15, 0.2) is 52.7 Å². The molecule has 1 spiro atoms. The molecule has 0 amide bonds. The molecule has 2 N–H and O–H groups in total. The lowest BCUT2D eigenvalue weighted by Gasteiger charge is -2.56. The van der Waals surface area contributed by atoms with Gasteiger partial charge in [0.2, 0.25) is 0 Å². The van der Waals surface area contributed by atoms with Crippen molar-refractivity contribution in [3.63, 3.8) is 0 Å². The average molecular weight is 769 g/mol. The molecule has 1 aromatic rings. The first-order valence-electron chi connectivity index (χ1n) is 20.6. The van der Waals surface area contributed by atoms with Crippen molar-refractivity contribution in [3.8, 4) is 17.2 Å². The Bertz CT molecular complexity index is 1960. The Morgan fingerprint density at radius 2 is 1.73 bits per heavy atom. The molecule has 4 heterocycles. The average Bonchev–Trinajstić information content (AvgIpc) is 3.30. The number of phenolic OH excluding ortho intramolecular Hbond substituents is 1. The lowest BCUT2D eigenvalue weighted by Crippen LogP contribution is -2.72. The van der Waals surface area contributed by atoms with E-state index in [1.807, 2.05) is 46.8 Å². The van der Waals surface area contributed by atoms with Gasteiger partial charge < -0.3 is 34.3 Å². The fraction of sp³-hybridized carbons (Fsp3) is 0.587. The van der Waals surface area contributed by atoms with Crippen molar-refractivity contribution in [1.82, 2.24) is 10.2 Å². The maximum absolute atomic E-state index is 15.0. The Morgan fingerprint density at radius 3 is 2.45 bits per heavy atom. The summed E-state index contributed by atoms with van der Waals surface area (Å²) in [4.78, 5) is 45.4. The van der Waals surface area contributed by atoms with Crippen LogP contribution in [0.1, 0.15) is 115 Å². The van der Waals surface area contributed by atoms with Crippen LogP contribution in [0, 0.1) is 11.8 Å². The van der Waals surface area contributed by atoms with Crippen LogP contribution >= 0.6 is 0 Å². The molecule has 10 heteroatoms. The molecule has 7 aliphatic rings. The van der Waals surface area contributed by atoms with Gasteiger partial charge in [-0.05, 0) is 113 Å². The Kier molecular flexibility index (Phi) is 10.8. The van der Waals surface area contributed by atoms with E-state index in [1.54, 1.807) is 19.1 Å². The summed E-state index contributed by atoms with van der Waals surface area (Å²) >= 11 is 0. The number of piperazine rings is 1. The molecular formula is C46H60N2O8. The summed E-state index contributed by atoms with van der Waals surface area (Å²) in [5.74, 6) is -1.40. The summed E-state index contributed by atoms with van der Waals surface area (Å²) in [6, 6.07) is 0. The molecule has 1 aromatic carbocycles. The number of Topliss-reactive ketones (excluding diaryl/α,β-unsaturated/α-hetero) is 2. The second-order valence-corrected chi connectivity index (χ2v) is 17.9. The highest BCUT2D eigenvalue weighted by Crippen LogP contribution is 2.68. The molecule has 8 rings (SSSR count). The lowest BCUT2D eigenvalue weighted by atomic mass is 9.51. The number of esters is 1. The fourth-order valence-corrected chi connectivity index (χ4v) is 9.82. The van der Waals surface area contributed by atoms with E-state index in [0.717, 1.165) is 57.6 Å². The maximum Gasteiger partial charge on any atom is 0.333 e. The number of rotatable bonds is 13. The minimum Gasteiger partial charge on any atom is -0.506 e. The van der Waals surface area contributed by atoms with Gasteiger partial charge in [-0.25, -0.2) is 4.79 Å². The smallest absolute Gasteiger partial charge is 0.333 e. The Hall–Kier alpha value is -3.99. The summed E-state index contributed by atoms with van der Waals surface area (Å²) in [6.07, 6.45) is 15.6. The lowest BCUT2D eigenvalue weighted by molar-refractivity contribution is -0.171. The molecule has 2 saturated heterocycles. The number of aromatic hydroxyl groups is 1. The van der Waals surface area contributed by atoms with Crippen LogP contribution in [-0.2, 0) is 25.5 Å². The Balaban J connectivity index is 1.24. The van der Waals surface area contributed by atoms with Crippen LogP contribution in [0.25, 0.3) is 6.08 Å². The first-order chi connectivity index (χ1) is 26.5. The summed E-state index contributed by atoms with van der Waals surface area (Å²) in [5, 5.41) is 15.3. The molecule has 56 heavy (non-hydrogen) atoms. The molecule has 302 valence electrons. The highest BCUT2D eigenvalue weighted by atomic mass is 16.6. The van der Waals surface area contributed by atoms with Crippen LogP contribution < -0.4 is 14.8 Å². The molecule has 1 saturated carbocycles. The molecule has 10 nitrogen and oxygen atoms in total. The van der Waals surface area contributed by atoms with Gasteiger partial charge >= 0.3 is 5.97 Å². The summed E-state index contributed by atoms with van der Waals surface area (Å²) in [7, 11) is 0. The molecule has 0 radical (unpaired) electrons. The van der Waals surface area contributed by atoms with E-state index in [0.29, 0.717) is 53.9 Å². The number of carbonyl (C=O) groups excluding carboxylic acids is 3. The van der Waals surface area contributed by atoms with E-state index in [2.05, 4.69) is 36.2 Å². The van der Waals surface area contributed by atoms with Gasteiger partial charge in [-0.3, -0.25) is 9.59 Å². The molecule has 4 bridgehead atoms. The summed E-state index contributed by atoms with van der Waals surface area (Å²) < 4.78 is 26.7. The number of phenols is 1. The van der Waals surface area contributed by atoms with Crippen molar-refractivity contribution in [3.05, 3.63) is 69.4 Å². The monoisotopic (exact) mass is 768 g/mol. The normalized spacial score (nSPS) is 29.7. The quantitative estimate of drug-likeness (QED) is 0.0910. The number of ether oxygens (including phenoxy) is 4. The van der Waals surface area contributed by atoms with Crippen molar-refractivity contribution in [1.29, 1.82) is 0 Å². The predicted molar refractivity (Wildman–Crippen MR) is 216 cm³/mol. The molecule has 5 unspecified atom stereocenters. The van der Waals surface area contributed by atoms with Crippen LogP contribution in [0.5, 0.6) is 17.2 Å². The van der Waals surface area contributed by atoms with Crippen LogP contribution in [-0.4, -0.2) is 89.3 Å². The second-order valence-electron chi connectivity index (χ2n) is 17.9. The van der Waals surface area contributed by atoms with Crippen LogP contribution in [0.3, 0.4) is 0 Å². The number of unbranched alkanes of at least 4 members (excludes halogenated alkanes) is 1. The Morgan fingerprint density at radius 1 is 1.00 bits per heavy atom. The highest BCUT2D eigenvalue weighted by molar-refractivity contribution is 6.19. The zero-order valence-corrected chi connectivity index (χ0v) is 34.6. The van der Waals surface area contributed by atoms with Gasteiger partial charge in [-0.1, -0.05) is 35.5 Å². The topological polar surface area (TPSA) is 124 Å². The van der Waals surface area contributed by atoms with Gasteiger partial charge in [0.15, 0.2) is 22.8 Å². The number of ketones is 2. The molecule has 4 aliphatic heterocycles. The third-order valence-electron chi connectivity index (χ3n) is 12.8. The van der Waals surface area contributed by atoms with Crippen LogP contribution in [0.2, 0.25) is 0 Å². The second kappa shape index (κ2) is 15.1. The number of hydrogen-bond acceptors (Lipinski definition) is 10. The van der Waals surface area contributed by atoms with Gasteiger partial charge in [0, 0.05) is 61.1 Å². The van der Waals surface area contributed by atoms with E-state index >= 15 is 4.79 Å². The number of allylic oxidation sites excluding steroid dienone is 5. The summed E-state index contributed by atoms with van der Waals surface area (Å²) in [5.41, 5.74) is -0.433. The SMILES string of the molecule is CC(C)=CCCC1(C)C=Cc2c(O)c3c(c(CC=C(C)C)c2O1)OC12C(=CC4CC1C(C)(C)OC2(C/C=C(/C)C(=O)OCCCCN1CCNCC1)C4=O)C3=O. The van der Waals surface area contributed by atoms with Crippen molar-refractivity contribution < 1.29 is 38.4 Å². The van der Waals surface area contributed by atoms with Crippen molar-refractivity contribution in [2.45, 2.75) is 123 Å². The molecule has 0 aromatic heterocycles. The van der Waals surface area contributed by atoms with Crippen LogP contribution in [0.4, 0.5) is 0 Å². The molecular weight excluding hydrogens is 709 g/mol. The van der Waals surface area contributed by atoms with Crippen molar-refractivity contribution >= 4 is 23.6 Å². The van der Waals surface area contributed by atoms with Gasteiger partial charge in [0.1, 0.15) is 28.4 Å². The predicted octanol–water partition coefficient (Wildman–Crippen LogP) is 7.38. The van der Waals surface area contributed by atoms with Crippen molar-refractivity contribution in [2.75, 3.05) is 39.3 Å². The number of hydrogen-bond donors (Lipinski definition) is 2. The minimum absolute atomic E-state index is 0.0219. The first-order valence-corrected chi connectivity index (χ1v) is 20.6. The standard InChI is InChI=1S/C46H60N2O8/c1-28(2)12-11-17-44(8)18-16-32-37(49)36-38(50)34-26-31-27-35-43(6,7)56-45(41(31)51,46(34,35)55-40(36)33(39(32)54-44)14-13-29(3)4)19-15-30(5)42(52)53-25-10-9-22-48-23-20-47-21-24-48/h12-13,15-16,18,26,31,35,47,49H,9-11,14,17,19-25,27H2,1-8H3/b30-15-. The number of benzene rings is 1. The summed E-state index contributed by atoms with van der Waals surface area (Å²) in [6.45, 7) is 21.1. The largest absolute Gasteiger partial charge is 0.506 e.